The highest BCUT2D eigenvalue weighted by Crippen LogP contribution is 2.27. The largest absolute Gasteiger partial charge is 0.322 e. The number of nitrogens with zero attached hydrogens (tertiary/aromatic N) is 4. The van der Waals surface area contributed by atoms with Crippen LogP contribution in [0.5, 0.6) is 0 Å². The number of hydrogen-bond acceptors (Lipinski definition) is 5. The number of benzene rings is 3. The van der Waals surface area contributed by atoms with Crippen LogP contribution in [-0.4, -0.2) is 20.7 Å². The van der Waals surface area contributed by atoms with E-state index in [9.17, 15) is 10.1 Å². The molecule has 0 saturated carbocycles. The summed E-state index contributed by atoms with van der Waals surface area (Å²) in [6.45, 7) is 0. The SMILES string of the molecule is Cn1c(SCc2ccccc2C#N)nnc1-c1ccc(NC(=O)c2ccccc2Cl)cc1. The number of hydrogen-bond donors (Lipinski definition) is 1. The Balaban J connectivity index is 1.46. The zero-order valence-corrected chi connectivity index (χ0v) is 18.7. The zero-order chi connectivity index (χ0) is 22.5. The maximum atomic E-state index is 12.4. The van der Waals surface area contributed by atoms with E-state index in [-0.39, 0.29) is 5.91 Å². The van der Waals surface area contributed by atoms with Crippen LogP contribution < -0.4 is 5.32 Å². The predicted octanol–water partition coefficient (Wildman–Crippen LogP) is 5.55. The molecule has 4 rings (SSSR count). The summed E-state index contributed by atoms with van der Waals surface area (Å²) in [6.07, 6.45) is 0. The number of aromatic nitrogens is 3. The maximum Gasteiger partial charge on any atom is 0.257 e. The number of nitrogens with one attached hydrogen (secondary N) is 1. The number of rotatable bonds is 6. The van der Waals surface area contributed by atoms with Gasteiger partial charge in [-0.1, -0.05) is 53.7 Å². The highest BCUT2D eigenvalue weighted by atomic mass is 35.5. The third-order valence-electron chi connectivity index (χ3n) is 4.85. The summed E-state index contributed by atoms with van der Waals surface area (Å²) < 4.78 is 1.91. The van der Waals surface area contributed by atoms with Crippen LogP contribution in [0.2, 0.25) is 5.02 Å². The minimum Gasteiger partial charge on any atom is -0.322 e. The maximum absolute atomic E-state index is 12.4. The van der Waals surface area contributed by atoms with Crippen LogP contribution in [0, 0.1) is 11.3 Å². The summed E-state index contributed by atoms with van der Waals surface area (Å²) >= 11 is 7.62. The number of carbonyl (C=O) groups excluding carboxylic acids is 1. The molecular weight excluding hydrogens is 442 g/mol. The molecule has 32 heavy (non-hydrogen) atoms. The fourth-order valence-electron chi connectivity index (χ4n) is 3.14. The first kappa shape index (κ1) is 21.6. The highest BCUT2D eigenvalue weighted by molar-refractivity contribution is 7.98. The molecule has 1 N–H and O–H groups in total. The molecule has 1 aromatic heterocycles. The van der Waals surface area contributed by atoms with Gasteiger partial charge in [-0.15, -0.1) is 10.2 Å². The molecule has 0 spiro atoms. The molecule has 4 aromatic rings. The molecule has 1 amide bonds. The van der Waals surface area contributed by atoms with E-state index in [1.807, 2.05) is 60.1 Å². The first-order valence-electron chi connectivity index (χ1n) is 9.73. The Labute approximate surface area is 194 Å². The van der Waals surface area contributed by atoms with Gasteiger partial charge in [-0.2, -0.15) is 5.26 Å². The molecular formula is C24H18ClN5OS. The Morgan fingerprint density at radius 1 is 1.06 bits per heavy atom. The first-order valence-corrected chi connectivity index (χ1v) is 11.1. The number of amides is 1. The second-order valence-electron chi connectivity index (χ2n) is 6.93. The van der Waals surface area contributed by atoms with E-state index >= 15 is 0 Å². The van der Waals surface area contributed by atoms with Gasteiger partial charge >= 0.3 is 0 Å². The molecule has 0 unspecified atom stereocenters. The summed E-state index contributed by atoms with van der Waals surface area (Å²) in [5.41, 5.74) is 3.58. The number of nitriles is 1. The van der Waals surface area contributed by atoms with Crippen molar-refractivity contribution in [3.8, 4) is 17.5 Å². The molecule has 158 valence electrons. The quantitative estimate of drug-likeness (QED) is 0.382. The highest BCUT2D eigenvalue weighted by Gasteiger charge is 2.14. The standard InChI is InChI=1S/C24H18ClN5OS/c1-30-22(28-29-24(30)32-15-18-7-3-2-6-17(18)14-26)16-10-12-19(13-11-16)27-23(31)20-8-4-5-9-21(20)25/h2-13H,15H2,1H3,(H,27,31). The fraction of sp³-hybridized carbons (Fsp3) is 0.0833. The van der Waals surface area contributed by atoms with E-state index in [1.54, 1.807) is 24.3 Å². The monoisotopic (exact) mass is 459 g/mol. The van der Waals surface area contributed by atoms with Crippen LogP contribution in [0.15, 0.2) is 78.0 Å². The minimum atomic E-state index is -0.265. The summed E-state index contributed by atoms with van der Waals surface area (Å²) in [6, 6.07) is 24.0. The summed E-state index contributed by atoms with van der Waals surface area (Å²) in [5, 5.41) is 21.9. The predicted molar refractivity (Wildman–Crippen MR) is 127 cm³/mol. The van der Waals surface area contributed by atoms with Crippen molar-refractivity contribution in [2.45, 2.75) is 10.9 Å². The van der Waals surface area contributed by atoms with E-state index in [1.165, 1.54) is 11.8 Å². The van der Waals surface area contributed by atoms with E-state index in [2.05, 4.69) is 21.6 Å². The molecule has 0 aliphatic heterocycles. The van der Waals surface area contributed by atoms with Gasteiger partial charge in [-0.05, 0) is 48.0 Å². The van der Waals surface area contributed by atoms with Crippen molar-refractivity contribution in [3.05, 3.63) is 94.5 Å². The van der Waals surface area contributed by atoms with Gasteiger partial charge in [-0.3, -0.25) is 4.79 Å². The summed E-state index contributed by atoms with van der Waals surface area (Å²) in [5.74, 6) is 1.08. The lowest BCUT2D eigenvalue weighted by Gasteiger charge is -2.08. The lowest BCUT2D eigenvalue weighted by Crippen LogP contribution is -2.12. The van der Waals surface area contributed by atoms with Crippen molar-refractivity contribution >= 4 is 35.0 Å². The van der Waals surface area contributed by atoms with Crippen LogP contribution in [0.3, 0.4) is 0 Å². The molecule has 1 heterocycles. The molecule has 0 atom stereocenters. The number of thioether (sulfide) groups is 1. The van der Waals surface area contributed by atoms with Gasteiger partial charge in [0.25, 0.3) is 5.91 Å². The van der Waals surface area contributed by atoms with E-state index in [4.69, 9.17) is 11.6 Å². The molecule has 0 aliphatic rings. The first-order chi connectivity index (χ1) is 15.6. The zero-order valence-electron chi connectivity index (χ0n) is 17.1. The van der Waals surface area contributed by atoms with E-state index in [0.29, 0.717) is 33.4 Å². The molecule has 0 saturated heterocycles. The topological polar surface area (TPSA) is 83.6 Å². The normalized spacial score (nSPS) is 10.5. The lowest BCUT2D eigenvalue weighted by molar-refractivity contribution is 0.102. The molecule has 6 nitrogen and oxygen atoms in total. The Bertz CT molecular complexity index is 1310. The fourth-order valence-corrected chi connectivity index (χ4v) is 4.27. The molecule has 8 heteroatoms. The van der Waals surface area contributed by atoms with Crippen molar-refractivity contribution in [2.24, 2.45) is 7.05 Å². The van der Waals surface area contributed by atoms with Crippen molar-refractivity contribution in [3.63, 3.8) is 0 Å². The minimum absolute atomic E-state index is 0.265. The van der Waals surface area contributed by atoms with Gasteiger partial charge in [0.15, 0.2) is 11.0 Å². The van der Waals surface area contributed by atoms with Gasteiger partial charge in [0, 0.05) is 24.1 Å². The van der Waals surface area contributed by atoms with Gasteiger partial charge in [0.05, 0.1) is 22.2 Å². The molecule has 0 aliphatic carbocycles. The molecule has 0 bridgehead atoms. The average Bonchev–Trinajstić information content (AvgIpc) is 3.18. The Kier molecular flexibility index (Phi) is 6.55. The third kappa shape index (κ3) is 4.67. The molecule has 0 radical (unpaired) electrons. The Morgan fingerprint density at radius 2 is 1.78 bits per heavy atom. The number of carbonyl (C=O) groups is 1. The molecule has 0 fully saturated rings. The van der Waals surface area contributed by atoms with Gasteiger partial charge < -0.3 is 9.88 Å². The van der Waals surface area contributed by atoms with Gasteiger partial charge in [0.2, 0.25) is 0 Å². The second-order valence-corrected chi connectivity index (χ2v) is 8.28. The van der Waals surface area contributed by atoms with Gasteiger partial charge in [0.1, 0.15) is 0 Å². The smallest absolute Gasteiger partial charge is 0.257 e. The van der Waals surface area contributed by atoms with Crippen LogP contribution >= 0.6 is 23.4 Å². The van der Waals surface area contributed by atoms with E-state index < -0.39 is 0 Å². The summed E-state index contributed by atoms with van der Waals surface area (Å²) in [4.78, 5) is 12.4. The van der Waals surface area contributed by atoms with Gasteiger partial charge in [-0.25, -0.2) is 0 Å². The lowest BCUT2D eigenvalue weighted by atomic mass is 10.1. The van der Waals surface area contributed by atoms with Crippen molar-refractivity contribution < 1.29 is 4.79 Å². The van der Waals surface area contributed by atoms with Crippen LogP contribution in [-0.2, 0) is 12.8 Å². The van der Waals surface area contributed by atoms with Crippen LogP contribution in [0.4, 0.5) is 5.69 Å². The number of halogens is 1. The number of anilines is 1. The van der Waals surface area contributed by atoms with E-state index in [0.717, 1.165) is 16.3 Å². The Morgan fingerprint density at radius 3 is 2.53 bits per heavy atom. The van der Waals surface area contributed by atoms with Crippen LogP contribution in [0.1, 0.15) is 21.5 Å². The second kappa shape index (κ2) is 9.69. The average molecular weight is 460 g/mol. The molecule has 3 aromatic carbocycles. The van der Waals surface area contributed by atoms with Crippen molar-refractivity contribution in [1.82, 2.24) is 14.8 Å². The van der Waals surface area contributed by atoms with Crippen molar-refractivity contribution in [2.75, 3.05) is 5.32 Å². The van der Waals surface area contributed by atoms with Crippen LogP contribution in [0.25, 0.3) is 11.4 Å². The van der Waals surface area contributed by atoms with Crippen molar-refractivity contribution in [1.29, 1.82) is 5.26 Å². The summed E-state index contributed by atoms with van der Waals surface area (Å²) in [7, 11) is 1.90. The third-order valence-corrected chi connectivity index (χ3v) is 6.25. The Hall–Kier alpha value is -3.60.